The molecule has 2 aromatic rings. The van der Waals surface area contributed by atoms with Crippen molar-refractivity contribution in [2.45, 2.75) is 39.8 Å². The van der Waals surface area contributed by atoms with Crippen LogP contribution >= 0.6 is 0 Å². The average molecular weight is 504 g/mol. The number of hydrogen-bond acceptors (Lipinski definition) is 6. The number of sulfonamides is 1. The lowest BCUT2D eigenvalue weighted by Crippen LogP contribution is -2.52. The Morgan fingerprint density at radius 1 is 1.06 bits per heavy atom. The maximum Gasteiger partial charge on any atom is 0.244 e. The molecule has 2 rings (SSSR count). The molecule has 1 unspecified atom stereocenters. The molecule has 190 valence electrons. The van der Waals surface area contributed by atoms with Crippen LogP contribution in [0.3, 0.4) is 0 Å². The molecule has 0 fully saturated rings. The van der Waals surface area contributed by atoms with E-state index < -0.39 is 28.5 Å². The molecule has 0 spiro atoms. The van der Waals surface area contributed by atoms with E-state index >= 15 is 0 Å². The molecule has 0 bridgehead atoms. The smallest absolute Gasteiger partial charge is 0.244 e. The molecule has 0 heterocycles. The zero-order valence-electron chi connectivity index (χ0n) is 20.8. The van der Waals surface area contributed by atoms with E-state index in [2.05, 4.69) is 5.32 Å². The zero-order chi connectivity index (χ0) is 26.2. The first-order chi connectivity index (χ1) is 16.5. The van der Waals surface area contributed by atoms with E-state index in [9.17, 15) is 22.8 Å². The molecule has 0 aliphatic heterocycles. The van der Waals surface area contributed by atoms with E-state index in [1.54, 1.807) is 57.4 Å². The van der Waals surface area contributed by atoms with Gasteiger partial charge in [-0.15, -0.1) is 0 Å². The normalized spacial score (nSPS) is 11.9. The van der Waals surface area contributed by atoms with Crippen LogP contribution in [-0.2, 0) is 26.2 Å². The Morgan fingerprint density at radius 2 is 1.71 bits per heavy atom. The van der Waals surface area contributed by atoms with Crippen LogP contribution in [0.5, 0.6) is 5.75 Å². The van der Waals surface area contributed by atoms with E-state index in [0.29, 0.717) is 24.3 Å². The molecule has 1 atom stereocenters. The van der Waals surface area contributed by atoms with Crippen molar-refractivity contribution in [1.82, 2.24) is 10.2 Å². The van der Waals surface area contributed by atoms with Crippen LogP contribution < -0.4 is 14.4 Å². The molecule has 35 heavy (non-hydrogen) atoms. The fraction of sp³-hybridized carbons (Fsp3) is 0.400. The van der Waals surface area contributed by atoms with Gasteiger partial charge in [-0.1, -0.05) is 31.2 Å². The fourth-order valence-electron chi connectivity index (χ4n) is 3.63. The van der Waals surface area contributed by atoms with Crippen molar-refractivity contribution in [2.24, 2.45) is 0 Å². The number of carbonyl (C=O) groups excluding carboxylic acids is 3. The molecular weight excluding hydrogens is 470 g/mol. The van der Waals surface area contributed by atoms with Gasteiger partial charge in [-0.25, -0.2) is 8.42 Å². The van der Waals surface area contributed by atoms with Crippen molar-refractivity contribution in [2.75, 3.05) is 30.8 Å². The number of nitrogens with one attached hydrogen (secondary N) is 1. The Labute approximate surface area is 207 Å². The van der Waals surface area contributed by atoms with Gasteiger partial charge < -0.3 is 15.0 Å². The molecule has 1 N–H and O–H groups in total. The lowest BCUT2D eigenvalue weighted by molar-refractivity contribution is -0.140. The summed E-state index contributed by atoms with van der Waals surface area (Å²) >= 11 is 0. The minimum atomic E-state index is -3.88. The molecule has 0 saturated heterocycles. The van der Waals surface area contributed by atoms with Gasteiger partial charge in [0, 0.05) is 18.7 Å². The second-order valence-electron chi connectivity index (χ2n) is 8.06. The number of benzene rings is 2. The first kappa shape index (κ1) is 27.8. The molecule has 2 amide bonds. The molecule has 0 saturated carbocycles. The summed E-state index contributed by atoms with van der Waals surface area (Å²) < 4.78 is 31.4. The minimum Gasteiger partial charge on any atom is -0.497 e. The quantitative estimate of drug-likeness (QED) is 0.446. The largest absolute Gasteiger partial charge is 0.497 e. The molecule has 9 nitrogen and oxygen atoms in total. The first-order valence-corrected chi connectivity index (χ1v) is 13.1. The van der Waals surface area contributed by atoms with Crippen LogP contribution in [0.15, 0.2) is 48.5 Å². The van der Waals surface area contributed by atoms with Crippen LogP contribution in [0.4, 0.5) is 5.69 Å². The molecular formula is C25H33N3O6S. The number of ketones is 1. The maximum atomic E-state index is 13.6. The van der Waals surface area contributed by atoms with Gasteiger partial charge in [0.15, 0.2) is 5.78 Å². The predicted molar refractivity (Wildman–Crippen MR) is 135 cm³/mol. The van der Waals surface area contributed by atoms with Crippen molar-refractivity contribution in [1.29, 1.82) is 0 Å². The fourth-order valence-corrected chi connectivity index (χ4v) is 4.47. The third kappa shape index (κ3) is 7.54. The number of ether oxygens (including phenoxy) is 1. The molecule has 0 aromatic heterocycles. The number of amides is 2. The monoisotopic (exact) mass is 503 g/mol. The average Bonchev–Trinajstić information content (AvgIpc) is 2.82. The van der Waals surface area contributed by atoms with Crippen molar-refractivity contribution in [3.8, 4) is 5.75 Å². The molecule has 10 heteroatoms. The van der Waals surface area contributed by atoms with Crippen molar-refractivity contribution >= 4 is 33.3 Å². The van der Waals surface area contributed by atoms with Gasteiger partial charge in [0.05, 0.1) is 19.1 Å². The standard InChI is InChI=1S/C25H33N3O6S/c1-6-23(25(31)26-7-2)27(16-19-11-13-22(34-4)14-12-19)24(30)17-28(35(5,32)33)21-10-8-9-20(15-21)18(3)29/h8-15,23H,6-7,16-17H2,1-5H3,(H,26,31). The first-order valence-electron chi connectivity index (χ1n) is 11.3. The maximum absolute atomic E-state index is 13.6. The SMILES string of the molecule is CCNC(=O)C(CC)N(Cc1ccc(OC)cc1)C(=O)CN(c1cccc(C(C)=O)c1)S(C)(=O)=O. The number of rotatable bonds is 12. The third-order valence-corrected chi connectivity index (χ3v) is 6.61. The number of hydrogen-bond donors (Lipinski definition) is 1. The summed E-state index contributed by atoms with van der Waals surface area (Å²) in [4.78, 5) is 39.6. The van der Waals surface area contributed by atoms with Gasteiger partial charge in [0.25, 0.3) is 0 Å². The predicted octanol–water partition coefficient (Wildman–Crippen LogP) is 2.61. The summed E-state index contributed by atoms with van der Waals surface area (Å²) in [6.07, 6.45) is 1.34. The Kier molecular flexibility index (Phi) is 9.82. The highest BCUT2D eigenvalue weighted by molar-refractivity contribution is 7.92. The van der Waals surface area contributed by atoms with Gasteiger partial charge in [-0.3, -0.25) is 18.7 Å². The van der Waals surface area contributed by atoms with Crippen LogP contribution in [0.1, 0.15) is 43.1 Å². The van der Waals surface area contributed by atoms with Gasteiger partial charge in [-0.2, -0.15) is 0 Å². The number of methoxy groups -OCH3 is 1. The molecule has 0 aliphatic carbocycles. The highest BCUT2D eigenvalue weighted by Gasteiger charge is 2.31. The van der Waals surface area contributed by atoms with E-state index in [1.165, 1.54) is 24.0 Å². The number of carbonyl (C=O) groups is 3. The van der Waals surface area contributed by atoms with E-state index in [-0.39, 0.29) is 23.9 Å². The van der Waals surface area contributed by atoms with Gasteiger partial charge >= 0.3 is 0 Å². The van der Waals surface area contributed by atoms with Crippen molar-refractivity contribution in [3.63, 3.8) is 0 Å². The number of nitrogens with zero attached hydrogens (tertiary/aromatic N) is 2. The van der Waals surface area contributed by atoms with Crippen LogP contribution in [0.2, 0.25) is 0 Å². The number of Topliss-reactive ketones (excluding diaryl/α,β-unsaturated/α-hetero) is 1. The molecule has 2 aromatic carbocycles. The Morgan fingerprint density at radius 3 is 2.23 bits per heavy atom. The number of likely N-dealkylation sites (N-methyl/N-ethyl adjacent to an activating group) is 1. The Hall–Kier alpha value is -3.40. The van der Waals surface area contributed by atoms with Crippen molar-refractivity contribution in [3.05, 3.63) is 59.7 Å². The summed E-state index contributed by atoms with van der Waals surface area (Å²) in [5.41, 5.74) is 1.28. The summed E-state index contributed by atoms with van der Waals surface area (Å²) in [7, 11) is -2.33. The summed E-state index contributed by atoms with van der Waals surface area (Å²) in [6.45, 7) is 4.93. The zero-order valence-corrected chi connectivity index (χ0v) is 21.6. The van der Waals surface area contributed by atoms with Crippen LogP contribution in [0, 0.1) is 0 Å². The summed E-state index contributed by atoms with van der Waals surface area (Å²) in [6, 6.07) is 12.4. The molecule has 0 radical (unpaired) electrons. The second-order valence-corrected chi connectivity index (χ2v) is 9.97. The van der Waals surface area contributed by atoms with Gasteiger partial charge in [-0.05, 0) is 50.1 Å². The summed E-state index contributed by atoms with van der Waals surface area (Å²) in [5.74, 6) is -0.440. The highest BCUT2D eigenvalue weighted by atomic mass is 32.2. The summed E-state index contributed by atoms with van der Waals surface area (Å²) in [5, 5.41) is 2.75. The van der Waals surface area contributed by atoms with Gasteiger partial charge in [0.2, 0.25) is 21.8 Å². The Balaban J connectivity index is 2.45. The van der Waals surface area contributed by atoms with Gasteiger partial charge in [0.1, 0.15) is 18.3 Å². The van der Waals surface area contributed by atoms with Crippen LogP contribution in [-0.4, -0.2) is 63.4 Å². The highest BCUT2D eigenvalue weighted by Crippen LogP contribution is 2.22. The third-order valence-electron chi connectivity index (χ3n) is 5.47. The lowest BCUT2D eigenvalue weighted by atomic mass is 10.1. The van der Waals surface area contributed by atoms with E-state index in [4.69, 9.17) is 4.74 Å². The number of anilines is 1. The topological polar surface area (TPSA) is 113 Å². The van der Waals surface area contributed by atoms with Crippen LogP contribution in [0.25, 0.3) is 0 Å². The lowest BCUT2D eigenvalue weighted by Gasteiger charge is -2.32. The van der Waals surface area contributed by atoms with Crippen molar-refractivity contribution < 1.29 is 27.5 Å². The minimum absolute atomic E-state index is 0.101. The second kappa shape index (κ2) is 12.3. The van der Waals surface area contributed by atoms with E-state index in [1.807, 2.05) is 0 Å². The Bertz CT molecular complexity index is 1150. The molecule has 0 aliphatic rings. The van der Waals surface area contributed by atoms with E-state index in [0.717, 1.165) is 16.1 Å².